The van der Waals surface area contributed by atoms with Crippen LogP contribution in [0.1, 0.15) is 36.8 Å². The number of anilines is 1. The van der Waals surface area contributed by atoms with E-state index in [2.05, 4.69) is 22.1 Å². The van der Waals surface area contributed by atoms with E-state index in [0.717, 1.165) is 37.5 Å². The number of nitrogens with two attached hydrogens (primary N) is 1. The van der Waals surface area contributed by atoms with Gasteiger partial charge in [0.1, 0.15) is 0 Å². The van der Waals surface area contributed by atoms with E-state index in [1.165, 1.54) is 23.4 Å². The van der Waals surface area contributed by atoms with E-state index >= 15 is 0 Å². The van der Waals surface area contributed by atoms with Crippen LogP contribution in [0.2, 0.25) is 0 Å². The van der Waals surface area contributed by atoms with Crippen molar-refractivity contribution in [3.63, 3.8) is 0 Å². The molecule has 1 fully saturated rings. The van der Waals surface area contributed by atoms with Crippen LogP contribution in [-0.4, -0.2) is 42.0 Å². The maximum absolute atomic E-state index is 12.2. The van der Waals surface area contributed by atoms with E-state index in [1.807, 2.05) is 0 Å². The van der Waals surface area contributed by atoms with Gasteiger partial charge in [0.2, 0.25) is 5.91 Å². The molecule has 21 heavy (non-hydrogen) atoms. The van der Waals surface area contributed by atoms with Gasteiger partial charge in [-0.1, -0.05) is 6.92 Å². The SMILES string of the molecule is CC1(CN)CCN(CC(=O)Nc2nc3c(s2)CCCC3)C1. The van der Waals surface area contributed by atoms with Gasteiger partial charge in [0.25, 0.3) is 0 Å². The zero-order chi connectivity index (χ0) is 14.9. The fourth-order valence-electron chi connectivity index (χ4n) is 3.19. The Hall–Kier alpha value is -0.980. The number of nitrogens with one attached hydrogen (secondary N) is 1. The van der Waals surface area contributed by atoms with Crippen molar-refractivity contribution in [3.05, 3.63) is 10.6 Å². The van der Waals surface area contributed by atoms with Crippen molar-refractivity contribution in [1.82, 2.24) is 9.88 Å². The number of aromatic nitrogens is 1. The number of nitrogens with zero attached hydrogens (tertiary/aromatic N) is 2. The molecule has 1 saturated heterocycles. The van der Waals surface area contributed by atoms with Crippen molar-refractivity contribution in [1.29, 1.82) is 0 Å². The van der Waals surface area contributed by atoms with Crippen molar-refractivity contribution in [3.8, 4) is 0 Å². The average molecular weight is 308 g/mol. The van der Waals surface area contributed by atoms with Gasteiger partial charge in [-0.15, -0.1) is 11.3 Å². The minimum Gasteiger partial charge on any atom is -0.330 e. The molecule has 0 saturated carbocycles. The first-order valence-corrected chi connectivity index (χ1v) is 8.60. The number of fused-ring (bicyclic) bond motifs is 1. The van der Waals surface area contributed by atoms with Crippen LogP contribution < -0.4 is 11.1 Å². The summed E-state index contributed by atoms with van der Waals surface area (Å²) in [4.78, 5) is 20.3. The first-order valence-electron chi connectivity index (χ1n) is 7.79. The summed E-state index contributed by atoms with van der Waals surface area (Å²) in [5.74, 6) is 0.0439. The first-order chi connectivity index (χ1) is 10.1. The average Bonchev–Trinajstić information content (AvgIpc) is 3.02. The van der Waals surface area contributed by atoms with Crippen molar-refractivity contribution >= 4 is 22.4 Å². The summed E-state index contributed by atoms with van der Waals surface area (Å²) in [5.41, 5.74) is 7.17. The Morgan fingerprint density at radius 2 is 2.29 bits per heavy atom. The van der Waals surface area contributed by atoms with Crippen molar-refractivity contribution in [2.45, 2.75) is 39.0 Å². The van der Waals surface area contributed by atoms with Crippen LogP contribution in [0.25, 0.3) is 0 Å². The summed E-state index contributed by atoms with van der Waals surface area (Å²) in [6.45, 7) is 5.19. The topological polar surface area (TPSA) is 71.2 Å². The van der Waals surface area contributed by atoms with Crippen LogP contribution in [-0.2, 0) is 17.6 Å². The van der Waals surface area contributed by atoms with Gasteiger partial charge < -0.3 is 11.1 Å². The smallest absolute Gasteiger partial charge is 0.240 e. The van der Waals surface area contributed by atoms with Gasteiger partial charge in [0.15, 0.2) is 5.13 Å². The van der Waals surface area contributed by atoms with Crippen LogP contribution in [0.4, 0.5) is 5.13 Å². The maximum Gasteiger partial charge on any atom is 0.240 e. The molecule has 5 nitrogen and oxygen atoms in total. The highest BCUT2D eigenvalue weighted by Crippen LogP contribution is 2.30. The molecule has 6 heteroatoms. The normalized spacial score (nSPS) is 25.8. The number of aryl methyl sites for hydroxylation is 2. The Morgan fingerprint density at radius 3 is 3.00 bits per heavy atom. The first kappa shape index (κ1) is 14.9. The number of thiazole rings is 1. The van der Waals surface area contributed by atoms with Crippen LogP contribution in [0, 0.1) is 5.41 Å². The number of carbonyl (C=O) groups excluding carboxylic acids is 1. The number of likely N-dealkylation sites (tertiary alicyclic amines) is 1. The van der Waals surface area contributed by atoms with E-state index in [9.17, 15) is 4.79 Å². The van der Waals surface area contributed by atoms with Crippen LogP contribution >= 0.6 is 11.3 Å². The molecule has 0 spiro atoms. The third-order valence-electron chi connectivity index (χ3n) is 4.59. The molecule has 3 N–H and O–H groups in total. The molecular weight excluding hydrogens is 284 g/mol. The summed E-state index contributed by atoms with van der Waals surface area (Å²) >= 11 is 1.64. The Morgan fingerprint density at radius 1 is 1.48 bits per heavy atom. The van der Waals surface area contributed by atoms with Gasteiger partial charge in [-0.2, -0.15) is 0 Å². The number of hydrogen-bond donors (Lipinski definition) is 2. The second-order valence-corrected chi connectivity index (χ2v) is 7.70. The summed E-state index contributed by atoms with van der Waals surface area (Å²) in [6, 6.07) is 0. The molecule has 1 aromatic heterocycles. The quantitative estimate of drug-likeness (QED) is 0.887. The highest BCUT2D eigenvalue weighted by atomic mass is 32.1. The zero-order valence-electron chi connectivity index (χ0n) is 12.7. The van der Waals surface area contributed by atoms with Gasteiger partial charge in [-0.3, -0.25) is 9.69 Å². The van der Waals surface area contributed by atoms with Gasteiger partial charge in [-0.25, -0.2) is 4.98 Å². The molecule has 1 atom stereocenters. The molecule has 2 aliphatic rings. The number of hydrogen-bond acceptors (Lipinski definition) is 5. The monoisotopic (exact) mass is 308 g/mol. The standard InChI is InChI=1S/C15H24N4OS/c1-15(9-16)6-7-19(10-15)8-13(20)18-14-17-11-4-2-3-5-12(11)21-14/h2-10,16H2,1H3,(H,17,18,20). The fourth-order valence-corrected chi connectivity index (χ4v) is 4.26. The lowest BCUT2D eigenvalue weighted by atomic mass is 9.90. The lowest BCUT2D eigenvalue weighted by Crippen LogP contribution is -2.35. The largest absolute Gasteiger partial charge is 0.330 e. The summed E-state index contributed by atoms with van der Waals surface area (Å²) in [7, 11) is 0. The molecule has 0 bridgehead atoms. The minimum atomic E-state index is 0.0439. The maximum atomic E-state index is 12.2. The third-order valence-corrected chi connectivity index (χ3v) is 5.66. The van der Waals surface area contributed by atoms with E-state index in [0.29, 0.717) is 13.1 Å². The van der Waals surface area contributed by atoms with E-state index in [4.69, 9.17) is 5.73 Å². The Kier molecular flexibility index (Phi) is 4.28. The zero-order valence-corrected chi connectivity index (χ0v) is 13.5. The molecule has 3 rings (SSSR count). The Bertz CT molecular complexity index is 506. The lowest BCUT2D eigenvalue weighted by molar-refractivity contribution is -0.117. The van der Waals surface area contributed by atoms with Crippen molar-refractivity contribution in [2.75, 3.05) is 31.5 Å². The van der Waals surface area contributed by atoms with E-state index in [1.54, 1.807) is 11.3 Å². The molecule has 1 aliphatic carbocycles. The highest BCUT2D eigenvalue weighted by molar-refractivity contribution is 7.15. The molecule has 0 aromatic carbocycles. The fraction of sp³-hybridized carbons (Fsp3) is 0.733. The molecule has 1 amide bonds. The lowest BCUT2D eigenvalue weighted by Gasteiger charge is -2.22. The third kappa shape index (κ3) is 3.44. The van der Waals surface area contributed by atoms with Crippen LogP contribution in [0.5, 0.6) is 0 Å². The molecule has 1 aliphatic heterocycles. The molecule has 1 aromatic rings. The molecule has 0 radical (unpaired) electrons. The molecular formula is C15H24N4OS. The summed E-state index contributed by atoms with van der Waals surface area (Å²) in [6.07, 6.45) is 5.71. The van der Waals surface area contributed by atoms with Crippen LogP contribution in [0.3, 0.4) is 0 Å². The van der Waals surface area contributed by atoms with Gasteiger partial charge in [-0.05, 0) is 50.6 Å². The van der Waals surface area contributed by atoms with E-state index in [-0.39, 0.29) is 11.3 Å². The molecule has 2 heterocycles. The Balaban J connectivity index is 1.54. The predicted molar refractivity (Wildman–Crippen MR) is 85.6 cm³/mol. The molecule has 1 unspecified atom stereocenters. The number of amides is 1. The second-order valence-electron chi connectivity index (χ2n) is 6.62. The van der Waals surface area contributed by atoms with Gasteiger partial charge in [0, 0.05) is 11.4 Å². The van der Waals surface area contributed by atoms with E-state index < -0.39 is 0 Å². The van der Waals surface area contributed by atoms with Gasteiger partial charge >= 0.3 is 0 Å². The highest BCUT2D eigenvalue weighted by Gasteiger charge is 2.33. The summed E-state index contributed by atoms with van der Waals surface area (Å²) < 4.78 is 0. The van der Waals surface area contributed by atoms with Crippen LogP contribution in [0.15, 0.2) is 0 Å². The second kappa shape index (κ2) is 6.02. The number of carbonyl (C=O) groups is 1. The number of rotatable bonds is 4. The predicted octanol–water partition coefficient (Wildman–Crippen LogP) is 1.63. The van der Waals surface area contributed by atoms with Crippen molar-refractivity contribution in [2.24, 2.45) is 11.1 Å². The minimum absolute atomic E-state index is 0.0439. The Labute approximate surface area is 129 Å². The van der Waals surface area contributed by atoms with Gasteiger partial charge in [0.05, 0.1) is 12.2 Å². The summed E-state index contributed by atoms with van der Waals surface area (Å²) in [5, 5.41) is 3.74. The molecule has 116 valence electrons. The van der Waals surface area contributed by atoms with Crippen molar-refractivity contribution < 1.29 is 4.79 Å².